The quantitative estimate of drug-likeness (QED) is 0.593. The molecule has 0 radical (unpaired) electrons. The van der Waals surface area contributed by atoms with Gasteiger partial charge < -0.3 is 19.5 Å². The standard InChI is InChI=1S/C12H16NO5P/c1-2-8-18-19(15,16)10-13-12(14)17-9-11-6-4-3-5-7-11/h2-7H,1,8-10H2,(H,13,14)(H,15,16). The summed E-state index contributed by atoms with van der Waals surface area (Å²) in [5.74, 6) is 0. The van der Waals surface area contributed by atoms with Crippen molar-refractivity contribution in [1.82, 2.24) is 5.32 Å². The molecule has 6 nitrogen and oxygen atoms in total. The first-order chi connectivity index (χ1) is 9.03. The second-order valence-electron chi connectivity index (χ2n) is 3.62. The molecule has 2 N–H and O–H groups in total. The van der Waals surface area contributed by atoms with Crippen LogP contribution < -0.4 is 5.32 Å². The van der Waals surface area contributed by atoms with Gasteiger partial charge in [0.05, 0.1) is 6.61 Å². The van der Waals surface area contributed by atoms with Gasteiger partial charge in [-0.05, 0) is 5.56 Å². The van der Waals surface area contributed by atoms with Crippen LogP contribution in [0.15, 0.2) is 43.0 Å². The molecule has 0 aliphatic heterocycles. The summed E-state index contributed by atoms with van der Waals surface area (Å²) in [4.78, 5) is 20.6. The number of nitrogens with one attached hydrogen (secondary N) is 1. The summed E-state index contributed by atoms with van der Waals surface area (Å²) in [5, 5.41) is 2.17. The van der Waals surface area contributed by atoms with Crippen LogP contribution in [-0.4, -0.2) is 23.9 Å². The minimum Gasteiger partial charge on any atom is -0.445 e. The lowest BCUT2D eigenvalue weighted by Crippen LogP contribution is -2.25. The van der Waals surface area contributed by atoms with Crippen LogP contribution in [0.3, 0.4) is 0 Å². The maximum Gasteiger partial charge on any atom is 0.408 e. The molecule has 1 aromatic rings. The Labute approximate surface area is 111 Å². The third-order valence-electron chi connectivity index (χ3n) is 2.03. The van der Waals surface area contributed by atoms with Gasteiger partial charge in [0.25, 0.3) is 0 Å². The van der Waals surface area contributed by atoms with Crippen molar-refractivity contribution in [3.63, 3.8) is 0 Å². The van der Waals surface area contributed by atoms with Gasteiger partial charge in [0, 0.05) is 0 Å². The minimum atomic E-state index is -3.84. The third kappa shape index (κ3) is 6.76. The van der Waals surface area contributed by atoms with Crippen LogP contribution in [0.5, 0.6) is 0 Å². The number of alkyl carbamates (subject to hydrolysis) is 1. The topological polar surface area (TPSA) is 84.9 Å². The van der Waals surface area contributed by atoms with Crippen molar-refractivity contribution < 1.29 is 23.5 Å². The Morgan fingerprint density at radius 3 is 2.74 bits per heavy atom. The first-order valence-electron chi connectivity index (χ1n) is 5.55. The highest BCUT2D eigenvalue weighted by Crippen LogP contribution is 2.39. The summed E-state index contributed by atoms with van der Waals surface area (Å²) in [5.41, 5.74) is 0.827. The molecule has 1 rings (SSSR count). The van der Waals surface area contributed by atoms with Gasteiger partial charge in [-0.15, -0.1) is 6.58 Å². The fourth-order valence-corrected chi connectivity index (χ4v) is 1.91. The second-order valence-corrected chi connectivity index (χ2v) is 5.47. The first kappa shape index (κ1) is 15.4. The maximum absolute atomic E-state index is 11.4. The van der Waals surface area contributed by atoms with E-state index in [-0.39, 0.29) is 13.2 Å². The molecule has 0 heterocycles. The summed E-state index contributed by atoms with van der Waals surface area (Å²) in [6.45, 7) is 3.38. The number of hydrogen-bond donors (Lipinski definition) is 2. The highest BCUT2D eigenvalue weighted by Gasteiger charge is 2.19. The van der Waals surface area contributed by atoms with Gasteiger partial charge in [-0.2, -0.15) is 0 Å². The van der Waals surface area contributed by atoms with E-state index in [0.717, 1.165) is 5.56 Å². The van der Waals surface area contributed by atoms with E-state index < -0.39 is 20.0 Å². The van der Waals surface area contributed by atoms with Crippen LogP contribution >= 0.6 is 7.60 Å². The molecule has 0 aliphatic rings. The average Bonchev–Trinajstić information content (AvgIpc) is 2.42. The molecule has 0 aromatic heterocycles. The SMILES string of the molecule is C=CCOP(=O)(O)CNC(=O)OCc1ccccc1. The van der Waals surface area contributed by atoms with Crippen molar-refractivity contribution >= 4 is 13.7 Å². The maximum atomic E-state index is 11.4. The van der Waals surface area contributed by atoms with Crippen LogP contribution in [0.2, 0.25) is 0 Å². The van der Waals surface area contributed by atoms with E-state index in [2.05, 4.69) is 16.4 Å². The predicted octanol–water partition coefficient (Wildman–Crippen LogP) is 2.26. The lowest BCUT2D eigenvalue weighted by molar-refractivity contribution is 0.140. The van der Waals surface area contributed by atoms with E-state index in [1.54, 1.807) is 12.1 Å². The van der Waals surface area contributed by atoms with E-state index in [9.17, 15) is 14.3 Å². The Bertz CT molecular complexity index is 462. The molecule has 0 fully saturated rings. The lowest BCUT2D eigenvalue weighted by atomic mass is 10.2. The number of benzene rings is 1. The molecule has 0 saturated carbocycles. The molecule has 0 saturated heterocycles. The third-order valence-corrected chi connectivity index (χ3v) is 3.14. The molecule has 1 atom stereocenters. The van der Waals surface area contributed by atoms with Crippen LogP contribution in [0.4, 0.5) is 4.79 Å². The zero-order chi connectivity index (χ0) is 14.1. The molecule has 1 aromatic carbocycles. The average molecular weight is 285 g/mol. The highest BCUT2D eigenvalue weighted by atomic mass is 31.2. The van der Waals surface area contributed by atoms with Gasteiger partial charge in [-0.1, -0.05) is 36.4 Å². The molecule has 1 amide bonds. The lowest BCUT2D eigenvalue weighted by Gasteiger charge is -2.12. The molecule has 104 valence electrons. The summed E-state index contributed by atoms with van der Waals surface area (Å²) >= 11 is 0. The molecule has 0 spiro atoms. The van der Waals surface area contributed by atoms with Gasteiger partial charge in [-0.3, -0.25) is 4.57 Å². The number of amides is 1. The molecule has 1 unspecified atom stereocenters. The van der Waals surface area contributed by atoms with Crippen LogP contribution in [-0.2, 0) is 20.4 Å². The Hall–Kier alpha value is -1.62. The fourth-order valence-electron chi connectivity index (χ4n) is 1.15. The van der Waals surface area contributed by atoms with Gasteiger partial charge in [0.2, 0.25) is 0 Å². The van der Waals surface area contributed by atoms with Crippen molar-refractivity contribution in [2.75, 3.05) is 12.9 Å². The van der Waals surface area contributed by atoms with Gasteiger partial charge in [-0.25, -0.2) is 4.79 Å². The van der Waals surface area contributed by atoms with Crippen molar-refractivity contribution in [2.24, 2.45) is 0 Å². The highest BCUT2D eigenvalue weighted by molar-refractivity contribution is 7.52. The van der Waals surface area contributed by atoms with Crippen LogP contribution in [0.25, 0.3) is 0 Å². The van der Waals surface area contributed by atoms with Crippen LogP contribution in [0.1, 0.15) is 5.56 Å². The predicted molar refractivity (Wildman–Crippen MR) is 70.6 cm³/mol. The molecular formula is C12H16NO5P. The Kier molecular flexibility index (Phi) is 6.29. The minimum absolute atomic E-state index is 0.0610. The summed E-state index contributed by atoms with van der Waals surface area (Å²) < 4.78 is 20.9. The molecule has 0 bridgehead atoms. The van der Waals surface area contributed by atoms with E-state index in [1.165, 1.54) is 6.08 Å². The van der Waals surface area contributed by atoms with E-state index in [4.69, 9.17) is 4.74 Å². The number of hydrogen-bond acceptors (Lipinski definition) is 4. The Morgan fingerprint density at radius 1 is 1.42 bits per heavy atom. The fraction of sp³-hybridized carbons (Fsp3) is 0.250. The Morgan fingerprint density at radius 2 is 2.11 bits per heavy atom. The summed E-state index contributed by atoms with van der Waals surface area (Å²) in [7, 11) is -3.84. The zero-order valence-electron chi connectivity index (χ0n) is 10.3. The smallest absolute Gasteiger partial charge is 0.408 e. The monoisotopic (exact) mass is 285 g/mol. The zero-order valence-corrected chi connectivity index (χ0v) is 11.2. The number of rotatable bonds is 7. The van der Waals surface area contributed by atoms with Crippen molar-refractivity contribution in [3.05, 3.63) is 48.6 Å². The van der Waals surface area contributed by atoms with Crippen molar-refractivity contribution in [3.8, 4) is 0 Å². The van der Waals surface area contributed by atoms with Gasteiger partial charge >= 0.3 is 13.7 Å². The molecule has 0 aliphatic carbocycles. The van der Waals surface area contributed by atoms with E-state index >= 15 is 0 Å². The molecule has 19 heavy (non-hydrogen) atoms. The Balaban J connectivity index is 2.28. The van der Waals surface area contributed by atoms with E-state index in [1.807, 2.05) is 18.2 Å². The normalized spacial score (nSPS) is 13.3. The molecule has 7 heteroatoms. The summed E-state index contributed by atoms with van der Waals surface area (Å²) in [6.07, 6.45) is 0.0609. The van der Waals surface area contributed by atoms with Gasteiger partial charge in [0.1, 0.15) is 12.9 Å². The van der Waals surface area contributed by atoms with Crippen LogP contribution in [0, 0.1) is 0 Å². The number of carbonyl (C=O) groups excluding carboxylic acids is 1. The van der Waals surface area contributed by atoms with Crippen molar-refractivity contribution in [1.29, 1.82) is 0 Å². The van der Waals surface area contributed by atoms with Gasteiger partial charge in [0.15, 0.2) is 0 Å². The second kappa shape index (κ2) is 7.74. The number of carbonyl (C=O) groups is 1. The largest absolute Gasteiger partial charge is 0.445 e. The van der Waals surface area contributed by atoms with Crippen molar-refractivity contribution in [2.45, 2.75) is 6.61 Å². The first-order valence-corrected chi connectivity index (χ1v) is 7.31. The van der Waals surface area contributed by atoms with E-state index in [0.29, 0.717) is 0 Å². The number of ether oxygens (including phenoxy) is 1. The molecular weight excluding hydrogens is 269 g/mol. The summed E-state index contributed by atoms with van der Waals surface area (Å²) in [6, 6.07) is 9.10.